The van der Waals surface area contributed by atoms with Gasteiger partial charge in [-0.2, -0.15) is 0 Å². The molecule has 0 spiro atoms. The highest BCUT2D eigenvalue weighted by Crippen LogP contribution is 2.20. The van der Waals surface area contributed by atoms with Crippen LogP contribution in [0.5, 0.6) is 0 Å². The molecule has 1 fully saturated rings. The van der Waals surface area contributed by atoms with E-state index in [1.807, 2.05) is 54.0 Å². The molecule has 3 rings (SSSR count). The summed E-state index contributed by atoms with van der Waals surface area (Å²) in [4.78, 5) is 21.2. The molecular formula is C17H22N4O. The van der Waals surface area contributed by atoms with Gasteiger partial charge in [0.1, 0.15) is 0 Å². The van der Waals surface area contributed by atoms with Gasteiger partial charge in [-0.25, -0.2) is 4.98 Å². The molecule has 0 N–H and O–H groups in total. The van der Waals surface area contributed by atoms with E-state index in [0.717, 1.165) is 49.4 Å². The first-order valence-electron chi connectivity index (χ1n) is 7.71. The van der Waals surface area contributed by atoms with Gasteiger partial charge in [0.05, 0.1) is 23.3 Å². The third kappa shape index (κ3) is 3.04. The molecule has 116 valence electrons. The minimum Gasteiger partial charge on any atom is -0.339 e. The smallest absolute Gasteiger partial charge is 0.255 e. The molecule has 1 aliphatic heterocycles. The second-order valence-corrected chi connectivity index (χ2v) is 6.03. The van der Waals surface area contributed by atoms with Crippen LogP contribution in [0.4, 0.5) is 0 Å². The number of carbonyl (C=O) groups excluding carboxylic acids is 1. The molecule has 5 nitrogen and oxygen atoms in total. The summed E-state index contributed by atoms with van der Waals surface area (Å²) in [7, 11) is 4.04. The summed E-state index contributed by atoms with van der Waals surface area (Å²) in [6.07, 6.45) is 5.99. The van der Waals surface area contributed by atoms with E-state index in [9.17, 15) is 4.79 Å². The van der Waals surface area contributed by atoms with Crippen LogP contribution in [0.2, 0.25) is 0 Å². The zero-order chi connectivity index (χ0) is 15.5. The Morgan fingerprint density at radius 1 is 1.23 bits per heavy atom. The summed E-state index contributed by atoms with van der Waals surface area (Å²) in [5, 5.41) is 0. The fourth-order valence-corrected chi connectivity index (χ4v) is 2.87. The number of hydrogen-bond donors (Lipinski definition) is 0. The summed E-state index contributed by atoms with van der Waals surface area (Å²) >= 11 is 0. The Hall–Kier alpha value is -2.14. The molecule has 1 amide bonds. The van der Waals surface area contributed by atoms with Crippen LogP contribution < -0.4 is 0 Å². The predicted octanol–water partition coefficient (Wildman–Crippen LogP) is 2.17. The Labute approximate surface area is 131 Å². The molecule has 0 aliphatic carbocycles. The standard InChI is InChI=1S/C17H22N4O/c1-19(2)11-14-12-21(13-18-14)16-8-4-3-7-15(16)17(22)20-9-5-6-10-20/h3-4,7-8,12-13H,5-6,9-11H2,1-2H3. The Balaban J connectivity index is 1.90. The number of hydrogen-bond acceptors (Lipinski definition) is 3. The lowest BCUT2D eigenvalue weighted by Crippen LogP contribution is -2.28. The molecular weight excluding hydrogens is 276 g/mol. The van der Waals surface area contributed by atoms with Crippen LogP contribution in [0.1, 0.15) is 28.9 Å². The fraction of sp³-hybridized carbons (Fsp3) is 0.412. The lowest BCUT2D eigenvalue weighted by Gasteiger charge is -2.17. The van der Waals surface area contributed by atoms with Crippen LogP contribution in [-0.2, 0) is 6.54 Å². The molecule has 0 atom stereocenters. The van der Waals surface area contributed by atoms with E-state index in [1.54, 1.807) is 6.33 Å². The van der Waals surface area contributed by atoms with Gasteiger partial charge in [-0.3, -0.25) is 4.79 Å². The van der Waals surface area contributed by atoms with E-state index in [2.05, 4.69) is 9.88 Å². The molecule has 2 aromatic rings. The van der Waals surface area contributed by atoms with Crippen molar-refractivity contribution in [1.82, 2.24) is 19.4 Å². The van der Waals surface area contributed by atoms with Gasteiger partial charge in [0.2, 0.25) is 0 Å². The van der Waals surface area contributed by atoms with E-state index in [1.165, 1.54) is 0 Å². The number of carbonyl (C=O) groups is 1. The van der Waals surface area contributed by atoms with Crippen molar-refractivity contribution in [3.8, 4) is 5.69 Å². The van der Waals surface area contributed by atoms with E-state index in [4.69, 9.17) is 0 Å². The Morgan fingerprint density at radius 3 is 2.68 bits per heavy atom. The number of rotatable bonds is 4. The van der Waals surface area contributed by atoms with Crippen molar-refractivity contribution >= 4 is 5.91 Å². The number of imidazole rings is 1. The molecule has 1 aromatic carbocycles. The quantitative estimate of drug-likeness (QED) is 0.868. The SMILES string of the molecule is CN(C)Cc1cn(-c2ccccc2C(=O)N2CCCC2)cn1. The summed E-state index contributed by atoms with van der Waals surface area (Å²) in [5.74, 6) is 0.121. The number of aromatic nitrogens is 2. The van der Waals surface area contributed by atoms with Crippen molar-refractivity contribution in [2.24, 2.45) is 0 Å². The van der Waals surface area contributed by atoms with Crippen LogP contribution in [0.15, 0.2) is 36.8 Å². The zero-order valence-electron chi connectivity index (χ0n) is 13.2. The molecule has 0 saturated carbocycles. The summed E-state index contributed by atoms with van der Waals surface area (Å²) < 4.78 is 1.95. The van der Waals surface area contributed by atoms with Crippen LogP contribution in [0.25, 0.3) is 5.69 Å². The third-order valence-corrected chi connectivity index (χ3v) is 3.92. The van der Waals surface area contributed by atoms with Crippen molar-refractivity contribution in [3.63, 3.8) is 0 Å². The summed E-state index contributed by atoms with van der Waals surface area (Å²) in [6.45, 7) is 2.52. The number of nitrogens with zero attached hydrogens (tertiary/aromatic N) is 4. The van der Waals surface area contributed by atoms with Crippen LogP contribution in [0.3, 0.4) is 0 Å². The zero-order valence-corrected chi connectivity index (χ0v) is 13.2. The Morgan fingerprint density at radius 2 is 1.95 bits per heavy atom. The van der Waals surface area contributed by atoms with Crippen molar-refractivity contribution in [2.75, 3.05) is 27.2 Å². The number of benzene rings is 1. The second kappa shape index (κ2) is 6.32. The Kier molecular flexibility index (Phi) is 4.24. The first-order chi connectivity index (χ1) is 10.6. The lowest BCUT2D eigenvalue weighted by atomic mass is 10.1. The first-order valence-corrected chi connectivity index (χ1v) is 7.71. The maximum absolute atomic E-state index is 12.7. The highest BCUT2D eigenvalue weighted by molar-refractivity contribution is 5.97. The molecule has 1 saturated heterocycles. The van der Waals surface area contributed by atoms with Gasteiger partial charge >= 0.3 is 0 Å². The molecule has 2 heterocycles. The number of amides is 1. The van der Waals surface area contributed by atoms with Crippen molar-refractivity contribution in [3.05, 3.63) is 48.0 Å². The monoisotopic (exact) mass is 298 g/mol. The molecule has 0 unspecified atom stereocenters. The largest absolute Gasteiger partial charge is 0.339 e. The maximum Gasteiger partial charge on any atom is 0.255 e. The summed E-state index contributed by atoms with van der Waals surface area (Å²) in [6, 6.07) is 7.76. The van der Waals surface area contributed by atoms with Crippen molar-refractivity contribution in [2.45, 2.75) is 19.4 Å². The van der Waals surface area contributed by atoms with E-state index in [-0.39, 0.29) is 5.91 Å². The van der Waals surface area contributed by atoms with Gasteiger partial charge < -0.3 is 14.4 Å². The molecule has 1 aromatic heterocycles. The average Bonchev–Trinajstić information content (AvgIpc) is 3.17. The first kappa shape index (κ1) is 14.8. The van der Waals surface area contributed by atoms with Gasteiger partial charge in [0, 0.05) is 25.8 Å². The molecule has 0 bridgehead atoms. The maximum atomic E-state index is 12.7. The van der Waals surface area contributed by atoms with Gasteiger partial charge in [-0.15, -0.1) is 0 Å². The highest BCUT2D eigenvalue weighted by atomic mass is 16.2. The normalized spacial score (nSPS) is 14.8. The molecule has 0 radical (unpaired) electrons. The summed E-state index contributed by atoms with van der Waals surface area (Å²) in [5.41, 5.74) is 2.64. The number of likely N-dealkylation sites (tertiary alicyclic amines) is 1. The minimum absolute atomic E-state index is 0.121. The van der Waals surface area contributed by atoms with Gasteiger partial charge in [0.15, 0.2) is 0 Å². The molecule has 22 heavy (non-hydrogen) atoms. The van der Waals surface area contributed by atoms with Crippen LogP contribution in [-0.4, -0.2) is 52.4 Å². The molecule has 1 aliphatic rings. The third-order valence-electron chi connectivity index (χ3n) is 3.92. The van der Waals surface area contributed by atoms with E-state index in [0.29, 0.717) is 0 Å². The Bertz CT molecular complexity index is 656. The van der Waals surface area contributed by atoms with Gasteiger partial charge in [-0.1, -0.05) is 12.1 Å². The number of para-hydroxylation sites is 1. The van der Waals surface area contributed by atoms with Gasteiger partial charge in [-0.05, 0) is 39.1 Å². The van der Waals surface area contributed by atoms with E-state index >= 15 is 0 Å². The molecule has 5 heteroatoms. The van der Waals surface area contributed by atoms with Crippen molar-refractivity contribution in [1.29, 1.82) is 0 Å². The van der Waals surface area contributed by atoms with E-state index < -0.39 is 0 Å². The fourth-order valence-electron chi connectivity index (χ4n) is 2.87. The average molecular weight is 298 g/mol. The minimum atomic E-state index is 0.121. The van der Waals surface area contributed by atoms with Crippen molar-refractivity contribution < 1.29 is 4.79 Å². The topological polar surface area (TPSA) is 41.4 Å². The second-order valence-electron chi connectivity index (χ2n) is 6.03. The lowest BCUT2D eigenvalue weighted by molar-refractivity contribution is 0.0793. The predicted molar refractivity (Wildman–Crippen MR) is 86.1 cm³/mol. The highest BCUT2D eigenvalue weighted by Gasteiger charge is 2.22. The van der Waals surface area contributed by atoms with Gasteiger partial charge in [0.25, 0.3) is 5.91 Å². The van der Waals surface area contributed by atoms with Crippen LogP contribution >= 0.6 is 0 Å². The van der Waals surface area contributed by atoms with Crippen LogP contribution in [0, 0.1) is 0 Å².